The van der Waals surface area contributed by atoms with Crippen LogP contribution in [0.4, 0.5) is 11.4 Å². The molecule has 0 aromatic heterocycles. The second kappa shape index (κ2) is 5.82. The lowest BCUT2D eigenvalue weighted by molar-refractivity contribution is -0.254. The fourth-order valence-electron chi connectivity index (χ4n) is 1.03. The summed E-state index contributed by atoms with van der Waals surface area (Å²) >= 11 is 0. The summed E-state index contributed by atoms with van der Waals surface area (Å²) in [4.78, 5) is 10.7. The largest absolute Gasteiger partial charge is 0.461 e. The zero-order chi connectivity index (χ0) is 11.1. The molecule has 0 aliphatic heterocycles. The summed E-state index contributed by atoms with van der Waals surface area (Å²) in [6.07, 6.45) is 1.15. The molecular formula is C11H15N2O2+. The van der Waals surface area contributed by atoms with Gasteiger partial charge in [0, 0.05) is 30.4 Å². The van der Waals surface area contributed by atoms with Crippen LogP contribution in [0.2, 0.25) is 0 Å². The van der Waals surface area contributed by atoms with Gasteiger partial charge in [-0.15, -0.1) is 0 Å². The maximum Gasteiger partial charge on any atom is 0.330 e. The molecule has 15 heavy (non-hydrogen) atoms. The smallest absolute Gasteiger partial charge is 0.330 e. The third kappa shape index (κ3) is 4.28. The topological polar surface area (TPSA) is 66.0 Å². The van der Waals surface area contributed by atoms with Crippen molar-refractivity contribution in [1.82, 2.24) is 0 Å². The SMILES string of the molecule is C=CC(=O)OCCNc1ccc([NH3+])cc1. The summed E-state index contributed by atoms with van der Waals surface area (Å²) in [6.45, 7) is 4.22. The number of quaternary nitrogens is 1. The van der Waals surface area contributed by atoms with Gasteiger partial charge in [0.25, 0.3) is 0 Å². The molecule has 0 unspecified atom stereocenters. The van der Waals surface area contributed by atoms with E-state index in [0.29, 0.717) is 13.2 Å². The molecule has 80 valence electrons. The van der Waals surface area contributed by atoms with Crippen LogP contribution in [-0.4, -0.2) is 19.1 Å². The van der Waals surface area contributed by atoms with Gasteiger partial charge in [-0.25, -0.2) is 4.79 Å². The lowest BCUT2D eigenvalue weighted by Crippen LogP contribution is -2.39. The van der Waals surface area contributed by atoms with Crippen molar-refractivity contribution in [3.8, 4) is 0 Å². The highest BCUT2D eigenvalue weighted by Crippen LogP contribution is 2.08. The van der Waals surface area contributed by atoms with E-state index in [1.54, 1.807) is 0 Å². The Labute approximate surface area is 88.7 Å². The molecule has 0 saturated heterocycles. The highest BCUT2D eigenvalue weighted by molar-refractivity contribution is 5.81. The van der Waals surface area contributed by atoms with Gasteiger partial charge < -0.3 is 15.8 Å². The summed E-state index contributed by atoms with van der Waals surface area (Å²) in [5, 5.41) is 3.11. The van der Waals surface area contributed by atoms with Gasteiger partial charge >= 0.3 is 5.97 Å². The van der Waals surface area contributed by atoms with Gasteiger partial charge in [-0.05, 0) is 12.1 Å². The third-order valence-electron chi connectivity index (χ3n) is 1.80. The Morgan fingerprint density at radius 3 is 2.73 bits per heavy atom. The van der Waals surface area contributed by atoms with Crippen molar-refractivity contribution in [2.75, 3.05) is 18.5 Å². The number of rotatable bonds is 5. The van der Waals surface area contributed by atoms with Crippen molar-refractivity contribution >= 4 is 17.3 Å². The molecule has 0 aliphatic carbocycles. The van der Waals surface area contributed by atoms with Crippen LogP contribution in [0.3, 0.4) is 0 Å². The summed E-state index contributed by atoms with van der Waals surface area (Å²) in [5.74, 6) is -0.398. The van der Waals surface area contributed by atoms with Crippen molar-refractivity contribution in [1.29, 1.82) is 0 Å². The van der Waals surface area contributed by atoms with E-state index in [0.717, 1.165) is 17.5 Å². The summed E-state index contributed by atoms with van der Waals surface area (Å²) < 4.78 is 4.80. The van der Waals surface area contributed by atoms with E-state index in [2.05, 4.69) is 17.6 Å². The Balaban J connectivity index is 2.23. The number of benzene rings is 1. The number of nitrogens with one attached hydrogen (secondary N) is 1. The molecule has 0 spiro atoms. The van der Waals surface area contributed by atoms with Crippen LogP contribution in [0.15, 0.2) is 36.9 Å². The Hall–Kier alpha value is -1.81. The van der Waals surface area contributed by atoms with Gasteiger partial charge in [0.2, 0.25) is 0 Å². The second-order valence-electron chi connectivity index (χ2n) is 3.00. The summed E-state index contributed by atoms with van der Waals surface area (Å²) in [6, 6.07) is 7.69. The minimum atomic E-state index is -0.398. The van der Waals surface area contributed by atoms with E-state index in [9.17, 15) is 4.79 Å². The number of anilines is 1. The molecule has 0 fully saturated rings. The molecule has 1 rings (SSSR count). The lowest BCUT2D eigenvalue weighted by atomic mass is 10.3. The number of carbonyl (C=O) groups is 1. The summed E-state index contributed by atoms with van der Waals surface area (Å²) in [7, 11) is 0. The highest BCUT2D eigenvalue weighted by Gasteiger charge is 1.95. The quantitative estimate of drug-likeness (QED) is 0.424. The first-order valence-electron chi connectivity index (χ1n) is 4.67. The highest BCUT2D eigenvalue weighted by atomic mass is 16.5. The molecule has 0 radical (unpaired) electrons. The minimum Gasteiger partial charge on any atom is -0.461 e. The fraction of sp³-hybridized carbons (Fsp3) is 0.182. The minimum absolute atomic E-state index is 0.330. The van der Waals surface area contributed by atoms with E-state index >= 15 is 0 Å². The zero-order valence-electron chi connectivity index (χ0n) is 8.53. The molecule has 1 aromatic carbocycles. The predicted octanol–water partition coefficient (Wildman–Crippen LogP) is 0.701. The number of hydrogen-bond acceptors (Lipinski definition) is 3. The first-order valence-corrected chi connectivity index (χ1v) is 4.67. The van der Waals surface area contributed by atoms with E-state index in [4.69, 9.17) is 4.74 Å². The van der Waals surface area contributed by atoms with Crippen LogP contribution >= 0.6 is 0 Å². The summed E-state index contributed by atoms with van der Waals surface area (Å²) in [5.41, 5.74) is 5.74. The van der Waals surface area contributed by atoms with Gasteiger partial charge in [-0.3, -0.25) is 0 Å². The number of ether oxygens (including phenoxy) is 1. The molecule has 0 bridgehead atoms. The standard InChI is InChI=1S/C11H14N2O2/c1-2-11(14)15-8-7-13-10-5-3-9(12)4-6-10/h2-6,13H,1,7-8,12H2/p+1. The predicted molar refractivity (Wildman–Crippen MR) is 58.6 cm³/mol. The molecule has 4 nitrogen and oxygen atoms in total. The molecule has 0 aliphatic rings. The third-order valence-corrected chi connectivity index (χ3v) is 1.80. The first-order chi connectivity index (χ1) is 7.22. The van der Waals surface area contributed by atoms with Crippen molar-refractivity contribution in [3.05, 3.63) is 36.9 Å². The fourth-order valence-corrected chi connectivity index (χ4v) is 1.03. The van der Waals surface area contributed by atoms with Gasteiger partial charge in [-0.2, -0.15) is 0 Å². The van der Waals surface area contributed by atoms with Crippen molar-refractivity contribution in [3.63, 3.8) is 0 Å². The average Bonchev–Trinajstić information content (AvgIpc) is 2.26. The number of carbonyl (C=O) groups excluding carboxylic acids is 1. The van der Waals surface area contributed by atoms with E-state index in [1.165, 1.54) is 0 Å². The van der Waals surface area contributed by atoms with Crippen molar-refractivity contribution < 1.29 is 15.3 Å². The number of hydrogen-bond donors (Lipinski definition) is 2. The Bertz CT molecular complexity index is 333. The Kier molecular flexibility index (Phi) is 4.37. The van der Waals surface area contributed by atoms with Gasteiger partial charge in [0.15, 0.2) is 0 Å². The van der Waals surface area contributed by atoms with Crippen molar-refractivity contribution in [2.45, 2.75) is 0 Å². The Morgan fingerprint density at radius 2 is 2.13 bits per heavy atom. The Morgan fingerprint density at radius 1 is 1.47 bits per heavy atom. The zero-order valence-corrected chi connectivity index (χ0v) is 8.53. The van der Waals surface area contributed by atoms with Crippen molar-refractivity contribution in [2.24, 2.45) is 0 Å². The number of esters is 1. The van der Waals surface area contributed by atoms with Gasteiger partial charge in [0.1, 0.15) is 12.3 Å². The molecule has 0 saturated carbocycles. The molecule has 0 heterocycles. The van der Waals surface area contributed by atoms with Crippen LogP contribution in [0.1, 0.15) is 0 Å². The van der Waals surface area contributed by atoms with E-state index in [1.807, 2.05) is 24.3 Å². The van der Waals surface area contributed by atoms with Crippen LogP contribution in [0.5, 0.6) is 0 Å². The molecule has 4 heteroatoms. The van der Waals surface area contributed by atoms with E-state index < -0.39 is 5.97 Å². The molecule has 0 atom stereocenters. The first kappa shape index (κ1) is 11.3. The van der Waals surface area contributed by atoms with E-state index in [-0.39, 0.29) is 0 Å². The second-order valence-corrected chi connectivity index (χ2v) is 3.00. The van der Waals surface area contributed by atoms with Gasteiger partial charge in [-0.1, -0.05) is 6.58 Å². The molecule has 4 N–H and O–H groups in total. The molecule has 1 aromatic rings. The maximum atomic E-state index is 10.7. The normalized spacial score (nSPS) is 9.40. The monoisotopic (exact) mass is 207 g/mol. The van der Waals surface area contributed by atoms with Crippen LogP contribution in [0, 0.1) is 0 Å². The van der Waals surface area contributed by atoms with Crippen LogP contribution < -0.4 is 11.1 Å². The van der Waals surface area contributed by atoms with Crippen LogP contribution in [-0.2, 0) is 9.53 Å². The lowest BCUT2D eigenvalue weighted by Gasteiger charge is -2.05. The van der Waals surface area contributed by atoms with Crippen LogP contribution in [0.25, 0.3) is 0 Å². The average molecular weight is 207 g/mol. The maximum absolute atomic E-state index is 10.7. The van der Waals surface area contributed by atoms with Gasteiger partial charge in [0.05, 0.1) is 0 Å². The molecular weight excluding hydrogens is 192 g/mol. The molecule has 0 amide bonds.